The molecule has 0 saturated carbocycles. The van der Waals surface area contributed by atoms with Crippen LogP contribution < -0.4 is 10.6 Å². The van der Waals surface area contributed by atoms with Crippen LogP contribution in [-0.2, 0) is 9.53 Å². The lowest BCUT2D eigenvalue weighted by atomic mass is 10.2. The van der Waals surface area contributed by atoms with Crippen molar-refractivity contribution in [2.75, 3.05) is 19.0 Å². The van der Waals surface area contributed by atoms with E-state index in [4.69, 9.17) is 16.0 Å². The fraction of sp³-hybridized carbons (Fsp3) is 0.0833. The molecule has 2 heterocycles. The van der Waals surface area contributed by atoms with Crippen molar-refractivity contribution in [3.8, 4) is 17.1 Å². The van der Waals surface area contributed by atoms with E-state index in [1.165, 1.54) is 25.5 Å². The molecule has 0 atom stereocenters. The van der Waals surface area contributed by atoms with E-state index in [1.807, 2.05) is 0 Å². The first-order chi connectivity index (χ1) is 16.4. The van der Waals surface area contributed by atoms with Crippen LogP contribution in [0.4, 0.5) is 5.69 Å². The molecule has 2 aromatic heterocycles. The van der Waals surface area contributed by atoms with Crippen LogP contribution in [-0.4, -0.2) is 41.2 Å². The fourth-order valence-corrected chi connectivity index (χ4v) is 3.22. The van der Waals surface area contributed by atoms with Gasteiger partial charge < -0.3 is 19.8 Å². The molecule has 0 bridgehead atoms. The number of nitrogens with zero attached hydrogens (tertiary/aromatic N) is 2. The first kappa shape index (κ1) is 22.8. The summed E-state index contributed by atoms with van der Waals surface area (Å²) in [5.41, 5.74) is 2.26. The molecule has 0 aliphatic heterocycles. The summed E-state index contributed by atoms with van der Waals surface area (Å²) in [6.07, 6.45) is 1.54. The molecule has 0 fully saturated rings. The van der Waals surface area contributed by atoms with Gasteiger partial charge in [-0.15, -0.1) is 0 Å². The van der Waals surface area contributed by atoms with Crippen LogP contribution in [0.15, 0.2) is 77.4 Å². The van der Waals surface area contributed by atoms with Gasteiger partial charge in [-0.2, -0.15) is 5.10 Å². The van der Waals surface area contributed by atoms with E-state index in [2.05, 4.69) is 20.5 Å². The van der Waals surface area contributed by atoms with Crippen molar-refractivity contribution in [3.05, 3.63) is 89.3 Å². The van der Waals surface area contributed by atoms with Crippen molar-refractivity contribution < 1.29 is 23.5 Å². The zero-order chi connectivity index (χ0) is 24.1. The van der Waals surface area contributed by atoms with E-state index in [0.717, 1.165) is 0 Å². The summed E-state index contributed by atoms with van der Waals surface area (Å²) in [4.78, 5) is 36.1. The van der Waals surface area contributed by atoms with Gasteiger partial charge in [-0.3, -0.25) is 14.4 Å². The van der Waals surface area contributed by atoms with Gasteiger partial charge >= 0.3 is 5.97 Å². The van der Waals surface area contributed by atoms with E-state index in [1.54, 1.807) is 59.3 Å². The number of hydrogen-bond donors (Lipinski definition) is 2. The SMILES string of the molecule is COC(=O)CNC(=O)c1ccc(NC(=O)c2cc(-c3ccco3)n(-c3ccc(Cl)cc3)n2)cc1. The Kier molecular flexibility index (Phi) is 6.74. The molecule has 0 spiro atoms. The van der Waals surface area contributed by atoms with Crippen LogP contribution in [0.25, 0.3) is 17.1 Å². The maximum absolute atomic E-state index is 12.9. The van der Waals surface area contributed by atoms with E-state index in [9.17, 15) is 14.4 Å². The van der Waals surface area contributed by atoms with Gasteiger partial charge in [0.2, 0.25) is 0 Å². The first-order valence-electron chi connectivity index (χ1n) is 10.1. The molecule has 0 saturated heterocycles. The third-order valence-corrected chi connectivity index (χ3v) is 5.06. The number of methoxy groups -OCH3 is 1. The number of halogens is 1. The minimum atomic E-state index is -0.552. The third-order valence-electron chi connectivity index (χ3n) is 4.81. The molecule has 0 aliphatic rings. The molecule has 2 amide bonds. The van der Waals surface area contributed by atoms with Gasteiger partial charge in [0.25, 0.3) is 11.8 Å². The molecule has 2 aromatic carbocycles. The fourth-order valence-electron chi connectivity index (χ4n) is 3.10. The van der Waals surface area contributed by atoms with Gasteiger partial charge in [0.05, 0.1) is 19.1 Å². The number of carbonyl (C=O) groups is 3. The molecule has 0 aliphatic carbocycles. The Labute approximate surface area is 199 Å². The first-order valence-corrected chi connectivity index (χ1v) is 10.5. The number of furan rings is 1. The Morgan fingerprint density at radius 2 is 1.76 bits per heavy atom. The highest BCUT2D eigenvalue weighted by Crippen LogP contribution is 2.26. The van der Waals surface area contributed by atoms with Gasteiger partial charge in [0.1, 0.15) is 12.2 Å². The lowest BCUT2D eigenvalue weighted by Gasteiger charge is -2.07. The summed E-state index contributed by atoms with van der Waals surface area (Å²) in [5.74, 6) is -0.885. The largest absolute Gasteiger partial charge is 0.468 e. The predicted molar refractivity (Wildman–Crippen MR) is 125 cm³/mol. The van der Waals surface area contributed by atoms with Gasteiger partial charge in [0.15, 0.2) is 11.5 Å². The number of amides is 2. The number of nitrogens with one attached hydrogen (secondary N) is 2. The molecule has 4 rings (SSSR count). The van der Waals surface area contributed by atoms with Crippen molar-refractivity contribution in [1.29, 1.82) is 0 Å². The smallest absolute Gasteiger partial charge is 0.325 e. The molecule has 9 nitrogen and oxygen atoms in total. The molecular weight excluding hydrogens is 460 g/mol. The summed E-state index contributed by atoms with van der Waals surface area (Å²) in [6.45, 7) is -0.234. The number of carbonyl (C=O) groups excluding carboxylic acids is 3. The quantitative estimate of drug-likeness (QED) is 0.389. The highest BCUT2D eigenvalue weighted by molar-refractivity contribution is 6.30. The van der Waals surface area contributed by atoms with E-state index < -0.39 is 17.8 Å². The average Bonchev–Trinajstić information content (AvgIpc) is 3.53. The maximum Gasteiger partial charge on any atom is 0.325 e. The van der Waals surface area contributed by atoms with E-state index in [0.29, 0.717) is 33.4 Å². The molecule has 0 radical (unpaired) electrons. The minimum Gasteiger partial charge on any atom is -0.468 e. The average molecular weight is 479 g/mol. The summed E-state index contributed by atoms with van der Waals surface area (Å²) in [6, 6.07) is 18.4. The standard InChI is InChI=1S/C24H19ClN4O5/c1-33-22(30)14-26-23(31)15-4-8-17(9-5-15)27-24(32)19-13-20(21-3-2-12-34-21)29(28-19)18-10-6-16(25)7-11-18/h2-13H,14H2,1H3,(H,26,31)(H,27,32). The van der Waals surface area contributed by atoms with E-state index >= 15 is 0 Å². The third kappa shape index (κ3) is 5.16. The van der Waals surface area contributed by atoms with Crippen molar-refractivity contribution >= 4 is 35.1 Å². The lowest BCUT2D eigenvalue weighted by molar-refractivity contribution is -0.139. The van der Waals surface area contributed by atoms with E-state index in [-0.39, 0.29) is 12.2 Å². The Morgan fingerprint density at radius 1 is 1.03 bits per heavy atom. The second-order valence-electron chi connectivity index (χ2n) is 7.07. The summed E-state index contributed by atoms with van der Waals surface area (Å²) in [5, 5.41) is 10.2. The highest BCUT2D eigenvalue weighted by Gasteiger charge is 2.19. The summed E-state index contributed by atoms with van der Waals surface area (Å²) < 4.78 is 11.6. The van der Waals surface area contributed by atoms with Crippen LogP contribution >= 0.6 is 11.6 Å². The topological polar surface area (TPSA) is 115 Å². The Hall–Kier alpha value is -4.37. The van der Waals surface area contributed by atoms with Crippen LogP contribution in [0, 0.1) is 0 Å². The Balaban J connectivity index is 1.52. The normalized spacial score (nSPS) is 10.5. The number of hydrogen-bond acceptors (Lipinski definition) is 6. The monoisotopic (exact) mass is 478 g/mol. The maximum atomic E-state index is 12.9. The number of esters is 1. The van der Waals surface area contributed by atoms with Crippen molar-refractivity contribution in [3.63, 3.8) is 0 Å². The van der Waals surface area contributed by atoms with Crippen LogP contribution in [0.2, 0.25) is 5.02 Å². The van der Waals surface area contributed by atoms with Crippen molar-refractivity contribution in [2.45, 2.75) is 0 Å². The lowest BCUT2D eigenvalue weighted by Crippen LogP contribution is -2.30. The molecule has 4 aromatic rings. The van der Waals surface area contributed by atoms with Gasteiger partial charge in [-0.25, -0.2) is 4.68 Å². The molecule has 2 N–H and O–H groups in total. The van der Waals surface area contributed by atoms with Crippen molar-refractivity contribution in [1.82, 2.24) is 15.1 Å². The summed E-state index contributed by atoms with van der Waals surface area (Å²) >= 11 is 6.00. The molecule has 34 heavy (non-hydrogen) atoms. The highest BCUT2D eigenvalue weighted by atomic mass is 35.5. The second-order valence-corrected chi connectivity index (χ2v) is 7.51. The molecular formula is C24H19ClN4O5. The van der Waals surface area contributed by atoms with Crippen LogP contribution in [0.1, 0.15) is 20.8 Å². The zero-order valence-corrected chi connectivity index (χ0v) is 18.7. The van der Waals surface area contributed by atoms with Gasteiger partial charge in [0, 0.05) is 22.3 Å². The minimum absolute atomic E-state index is 0.168. The van der Waals surface area contributed by atoms with Gasteiger partial charge in [-0.1, -0.05) is 11.6 Å². The molecule has 10 heteroatoms. The number of ether oxygens (including phenoxy) is 1. The molecule has 0 unspecified atom stereocenters. The zero-order valence-electron chi connectivity index (χ0n) is 17.9. The number of benzene rings is 2. The van der Waals surface area contributed by atoms with Crippen LogP contribution in [0.3, 0.4) is 0 Å². The van der Waals surface area contributed by atoms with Crippen molar-refractivity contribution in [2.24, 2.45) is 0 Å². The number of aromatic nitrogens is 2. The second kappa shape index (κ2) is 10.1. The number of anilines is 1. The Bertz CT molecular complexity index is 1310. The predicted octanol–water partition coefficient (Wildman–Crippen LogP) is 3.94. The summed E-state index contributed by atoms with van der Waals surface area (Å²) in [7, 11) is 1.24. The molecule has 172 valence electrons. The number of rotatable bonds is 7. The van der Waals surface area contributed by atoms with Gasteiger partial charge in [-0.05, 0) is 60.7 Å². The Morgan fingerprint density at radius 3 is 2.41 bits per heavy atom. The van der Waals surface area contributed by atoms with Crippen LogP contribution in [0.5, 0.6) is 0 Å².